The summed E-state index contributed by atoms with van der Waals surface area (Å²) in [5.74, 6) is -0.145. The number of ketones is 1. The van der Waals surface area contributed by atoms with E-state index in [9.17, 15) is 9.59 Å². The third-order valence-electron chi connectivity index (χ3n) is 6.42. The average Bonchev–Trinajstić information content (AvgIpc) is 2.88. The fourth-order valence-electron chi connectivity index (χ4n) is 4.28. The van der Waals surface area contributed by atoms with Crippen LogP contribution in [-0.2, 0) is 14.9 Å². The SMILES string of the molecule is COc1ccc(C(C)(C)C)cc1NC(=O)C(=O)c1ccc(OCCN2CCOCC2)c2ccccc12. The van der Waals surface area contributed by atoms with Crippen molar-refractivity contribution < 1.29 is 23.8 Å². The molecule has 0 saturated carbocycles. The van der Waals surface area contributed by atoms with E-state index in [-0.39, 0.29) is 5.41 Å². The molecule has 7 nitrogen and oxygen atoms in total. The molecule has 1 N–H and O–H groups in total. The minimum Gasteiger partial charge on any atom is -0.495 e. The quantitative estimate of drug-likeness (QED) is 0.365. The Balaban J connectivity index is 1.53. The van der Waals surface area contributed by atoms with E-state index in [1.807, 2.05) is 36.4 Å². The molecule has 0 aromatic heterocycles. The molecule has 190 valence electrons. The van der Waals surface area contributed by atoms with Gasteiger partial charge in [0.2, 0.25) is 0 Å². The highest BCUT2D eigenvalue weighted by atomic mass is 16.5. The van der Waals surface area contributed by atoms with Crippen molar-refractivity contribution in [2.45, 2.75) is 26.2 Å². The van der Waals surface area contributed by atoms with E-state index in [2.05, 4.69) is 31.0 Å². The van der Waals surface area contributed by atoms with E-state index in [1.165, 1.54) is 7.11 Å². The lowest BCUT2D eigenvalue weighted by molar-refractivity contribution is -0.112. The lowest BCUT2D eigenvalue weighted by atomic mass is 9.87. The second kappa shape index (κ2) is 11.1. The van der Waals surface area contributed by atoms with Crippen LogP contribution in [0.25, 0.3) is 10.8 Å². The molecule has 7 heteroatoms. The second-order valence-corrected chi connectivity index (χ2v) is 9.91. The number of morpholine rings is 1. The summed E-state index contributed by atoms with van der Waals surface area (Å²) in [5.41, 5.74) is 1.70. The topological polar surface area (TPSA) is 77.1 Å². The number of hydrogen-bond donors (Lipinski definition) is 1. The number of nitrogens with one attached hydrogen (secondary N) is 1. The van der Waals surface area contributed by atoms with Gasteiger partial charge in [0.25, 0.3) is 11.7 Å². The summed E-state index contributed by atoms with van der Waals surface area (Å²) in [4.78, 5) is 28.6. The number of anilines is 1. The number of carbonyl (C=O) groups excluding carboxylic acids is 2. The third-order valence-corrected chi connectivity index (χ3v) is 6.42. The minimum atomic E-state index is -0.717. The van der Waals surface area contributed by atoms with Crippen molar-refractivity contribution in [3.8, 4) is 11.5 Å². The van der Waals surface area contributed by atoms with Crippen LogP contribution in [0.2, 0.25) is 0 Å². The van der Waals surface area contributed by atoms with Crippen molar-refractivity contribution >= 4 is 28.2 Å². The fraction of sp³-hybridized carbons (Fsp3) is 0.379. The molecular formula is C29H34N2O5. The van der Waals surface area contributed by atoms with Crippen LogP contribution >= 0.6 is 0 Å². The standard InChI is InChI=1S/C29H34N2O5/c1-29(2,3)20-9-11-26(34-4)24(19-20)30-28(33)27(32)23-10-12-25(22-8-6-5-7-21(22)23)36-18-15-31-13-16-35-17-14-31/h5-12,19H,13-18H2,1-4H3,(H,30,33). The number of fused-ring (bicyclic) bond motifs is 1. The van der Waals surface area contributed by atoms with E-state index in [1.54, 1.807) is 18.2 Å². The molecule has 36 heavy (non-hydrogen) atoms. The van der Waals surface area contributed by atoms with Crippen LogP contribution in [-0.4, -0.2) is 63.2 Å². The van der Waals surface area contributed by atoms with Crippen LogP contribution in [0.5, 0.6) is 11.5 Å². The molecule has 0 spiro atoms. The number of amides is 1. The van der Waals surface area contributed by atoms with E-state index < -0.39 is 11.7 Å². The summed E-state index contributed by atoms with van der Waals surface area (Å²) in [6.45, 7) is 10.9. The van der Waals surface area contributed by atoms with Crippen LogP contribution in [0.4, 0.5) is 5.69 Å². The maximum atomic E-state index is 13.3. The normalized spacial score (nSPS) is 14.4. The number of Topliss-reactive ketones (excluding diaryl/α,β-unsaturated/α-hetero) is 1. The predicted octanol–water partition coefficient (Wildman–Crippen LogP) is 4.68. The Morgan fingerprint density at radius 3 is 2.36 bits per heavy atom. The molecule has 1 aliphatic heterocycles. The summed E-state index contributed by atoms with van der Waals surface area (Å²) >= 11 is 0. The van der Waals surface area contributed by atoms with Gasteiger partial charge in [0.1, 0.15) is 18.1 Å². The second-order valence-electron chi connectivity index (χ2n) is 9.91. The number of carbonyl (C=O) groups is 2. The fourth-order valence-corrected chi connectivity index (χ4v) is 4.28. The number of ether oxygens (including phenoxy) is 3. The zero-order valence-electron chi connectivity index (χ0n) is 21.4. The van der Waals surface area contributed by atoms with Crippen molar-refractivity contribution in [1.29, 1.82) is 0 Å². The van der Waals surface area contributed by atoms with E-state index >= 15 is 0 Å². The van der Waals surface area contributed by atoms with Gasteiger partial charge in [-0.05, 0) is 40.6 Å². The van der Waals surface area contributed by atoms with Gasteiger partial charge in [-0.1, -0.05) is 51.1 Å². The van der Waals surface area contributed by atoms with Crippen LogP contribution in [0.1, 0.15) is 36.7 Å². The summed E-state index contributed by atoms with van der Waals surface area (Å²) in [7, 11) is 1.54. The van der Waals surface area contributed by atoms with Gasteiger partial charge in [-0.3, -0.25) is 14.5 Å². The van der Waals surface area contributed by atoms with Crippen molar-refractivity contribution in [3.63, 3.8) is 0 Å². The molecule has 0 aliphatic carbocycles. The Hall–Kier alpha value is -3.42. The molecule has 0 unspecified atom stereocenters. The molecule has 3 aromatic rings. The first-order chi connectivity index (χ1) is 17.3. The average molecular weight is 491 g/mol. The number of methoxy groups -OCH3 is 1. The molecule has 3 aromatic carbocycles. The van der Waals surface area contributed by atoms with Gasteiger partial charge in [0.15, 0.2) is 0 Å². The lowest BCUT2D eigenvalue weighted by Crippen LogP contribution is -2.38. The Morgan fingerprint density at radius 1 is 0.972 bits per heavy atom. The van der Waals surface area contributed by atoms with Crippen molar-refractivity contribution in [1.82, 2.24) is 4.90 Å². The molecule has 0 bridgehead atoms. The van der Waals surface area contributed by atoms with Crippen LogP contribution in [0.15, 0.2) is 54.6 Å². The van der Waals surface area contributed by atoms with Gasteiger partial charge in [0, 0.05) is 30.6 Å². The zero-order chi connectivity index (χ0) is 25.7. The lowest BCUT2D eigenvalue weighted by Gasteiger charge is -2.26. The Labute approximate surface area is 212 Å². The molecule has 0 radical (unpaired) electrons. The van der Waals surface area contributed by atoms with Gasteiger partial charge < -0.3 is 19.5 Å². The highest BCUT2D eigenvalue weighted by Crippen LogP contribution is 2.32. The van der Waals surface area contributed by atoms with E-state index in [0.717, 1.165) is 43.8 Å². The largest absolute Gasteiger partial charge is 0.495 e. The van der Waals surface area contributed by atoms with Crippen molar-refractivity contribution in [2.75, 3.05) is 51.9 Å². The molecular weight excluding hydrogens is 456 g/mol. The highest BCUT2D eigenvalue weighted by molar-refractivity contribution is 6.48. The third kappa shape index (κ3) is 5.86. The predicted molar refractivity (Wildman–Crippen MR) is 141 cm³/mol. The van der Waals surface area contributed by atoms with Crippen molar-refractivity contribution in [2.24, 2.45) is 0 Å². The van der Waals surface area contributed by atoms with Crippen LogP contribution in [0.3, 0.4) is 0 Å². The Morgan fingerprint density at radius 2 is 1.67 bits per heavy atom. The number of benzene rings is 3. The van der Waals surface area contributed by atoms with E-state index in [4.69, 9.17) is 14.2 Å². The first-order valence-electron chi connectivity index (χ1n) is 12.3. The minimum absolute atomic E-state index is 0.121. The monoisotopic (exact) mass is 490 g/mol. The van der Waals surface area contributed by atoms with Crippen LogP contribution < -0.4 is 14.8 Å². The summed E-state index contributed by atoms with van der Waals surface area (Å²) in [6.07, 6.45) is 0. The molecule has 0 atom stereocenters. The highest BCUT2D eigenvalue weighted by Gasteiger charge is 2.23. The summed E-state index contributed by atoms with van der Waals surface area (Å²) in [5, 5.41) is 4.24. The van der Waals surface area contributed by atoms with Gasteiger partial charge in [-0.15, -0.1) is 0 Å². The maximum absolute atomic E-state index is 13.3. The first-order valence-corrected chi connectivity index (χ1v) is 12.3. The van der Waals surface area contributed by atoms with Gasteiger partial charge in [-0.25, -0.2) is 0 Å². The van der Waals surface area contributed by atoms with Gasteiger partial charge in [-0.2, -0.15) is 0 Å². The molecule has 1 amide bonds. The Kier molecular flexibility index (Phi) is 7.91. The molecule has 1 saturated heterocycles. The molecule has 1 fully saturated rings. The van der Waals surface area contributed by atoms with E-state index in [0.29, 0.717) is 34.7 Å². The molecule has 4 rings (SSSR count). The van der Waals surface area contributed by atoms with Crippen molar-refractivity contribution in [3.05, 3.63) is 65.7 Å². The molecule has 1 aliphatic rings. The maximum Gasteiger partial charge on any atom is 0.296 e. The Bertz CT molecular complexity index is 1240. The summed E-state index contributed by atoms with van der Waals surface area (Å²) < 4.78 is 16.9. The van der Waals surface area contributed by atoms with Gasteiger partial charge in [0.05, 0.1) is 26.0 Å². The van der Waals surface area contributed by atoms with Crippen LogP contribution in [0, 0.1) is 0 Å². The number of nitrogens with zero attached hydrogens (tertiary/aromatic N) is 1. The zero-order valence-corrected chi connectivity index (χ0v) is 21.4. The van der Waals surface area contributed by atoms with Gasteiger partial charge >= 0.3 is 0 Å². The first kappa shape index (κ1) is 25.7. The smallest absolute Gasteiger partial charge is 0.296 e. The number of rotatable bonds is 8. The summed E-state index contributed by atoms with van der Waals surface area (Å²) in [6, 6.07) is 16.5. The molecule has 1 heterocycles. The number of hydrogen-bond acceptors (Lipinski definition) is 6.